The summed E-state index contributed by atoms with van der Waals surface area (Å²) in [5, 5.41) is 9.39. The molecule has 0 aliphatic heterocycles. The maximum absolute atomic E-state index is 9.39. The van der Waals surface area contributed by atoms with Gasteiger partial charge in [-0.25, -0.2) is 0 Å². The second-order valence-corrected chi connectivity index (χ2v) is 12.2. The van der Waals surface area contributed by atoms with Crippen LogP contribution in [0.25, 0.3) is 0 Å². The van der Waals surface area contributed by atoms with Gasteiger partial charge in [0.05, 0.1) is 6.61 Å². The fraction of sp³-hybridized carbons (Fsp3) is 0.733. The van der Waals surface area contributed by atoms with Crippen molar-refractivity contribution in [3.05, 3.63) is 23.3 Å². The fourth-order valence-corrected chi connectivity index (χ4v) is 3.98. The van der Waals surface area contributed by atoms with Crippen LogP contribution in [0.4, 0.5) is 0 Å². The zero-order valence-electron chi connectivity index (χ0n) is 11.9. The van der Waals surface area contributed by atoms with Gasteiger partial charge in [0.25, 0.3) is 0 Å². The van der Waals surface area contributed by atoms with E-state index in [1.54, 1.807) is 5.57 Å². The molecule has 1 aliphatic rings. The molecular weight excluding hydrogens is 224 g/mol. The van der Waals surface area contributed by atoms with Gasteiger partial charge in [-0.2, -0.15) is 0 Å². The van der Waals surface area contributed by atoms with Crippen LogP contribution in [0.2, 0.25) is 25.7 Å². The lowest BCUT2D eigenvalue weighted by Gasteiger charge is -2.20. The SMILES string of the molecule is CC1CCC(=C/C=C(\CO)C[Si](C)(C)C)CC1. The lowest BCUT2D eigenvalue weighted by molar-refractivity contribution is 0.331. The molecule has 17 heavy (non-hydrogen) atoms. The molecule has 1 rings (SSSR count). The van der Waals surface area contributed by atoms with Gasteiger partial charge in [0.2, 0.25) is 0 Å². The molecule has 0 aromatic heterocycles. The number of aliphatic hydroxyl groups is 1. The first kappa shape index (κ1) is 14.7. The van der Waals surface area contributed by atoms with E-state index in [1.165, 1.54) is 31.3 Å². The van der Waals surface area contributed by atoms with Crippen LogP contribution in [0, 0.1) is 5.92 Å². The summed E-state index contributed by atoms with van der Waals surface area (Å²) in [5.41, 5.74) is 2.79. The van der Waals surface area contributed by atoms with E-state index in [1.807, 2.05) is 0 Å². The minimum Gasteiger partial charge on any atom is -0.392 e. The summed E-state index contributed by atoms with van der Waals surface area (Å²) >= 11 is 0. The topological polar surface area (TPSA) is 20.2 Å². The van der Waals surface area contributed by atoms with Crippen molar-refractivity contribution in [1.82, 2.24) is 0 Å². The van der Waals surface area contributed by atoms with Crippen LogP contribution in [-0.4, -0.2) is 19.8 Å². The molecule has 0 atom stereocenters. The third-order valence-corrected chi connectivity index (χ3v) is 4.95. The van der Waals surface area contributed by atoms with Crippen molar-refractivity contribution in [2.45, 2.75) is 58.3 Å². The molecule has 1 saturated carbocycles. The molecule has 0 bridgehead atoms. The van der Waals surface area contributed by atoms with Gasteiger partial charge < -0.3 is 5.11 Å². The van der Waals surface area contributed by atoms with E-state index in [0.717, 1.165) is 12.0 Å². The Kier molecular flexibility index (Phi) is 5.67. The number of aliphatic hydroxyl groups excluding tert-OH is 1. The number of allylic oxidation sites excluding steroid dienone is 3. The average Bonchev–Trinajstić information content (AvgIpc) is 2.25. The molecule has 0 unspecified atom stereocenters. The standard InChI is InChI=1S/C15H28OSi/c1-13-5-7-14(8-6-13)9-10-15(11-16)12-17(2,3)4/h9-10,13,16H,5-8,11-12H2,1-4H3/b14-9?,15-10+. The quantitative estimate of drug-likeness (QED) is 0.736. The highest BCUT2D eigenvalue weighted by Crippen LogP contribution is 2.28. The zero-order valence-corrected chi connectivity index (χ0v) is 12.9. The Labute approximate surface area is 108 Å². The number of hydrogen-bond donors (Lipinski definition) is 1. The van der Waals surface area contributed by atoms with Crippen LogP contribution in [-0.2, 0) is 0 Å². The van der Waals surface area contributed by atoms with Crippen molar-refractivity contribution < 1.29 is 5.11 Å². The lowest BCUT2D eigenvalue weighted by Crippen LogP contribution is -2.20. The van der Waals surface area contributed by atoms with Crippen molar-refractivity contribution in [2.24, 2.45) is 5.92 Å². The highest BCUT2D eigenvalue weighted by atomic mass is 28.3. The van der Waals surface area contributed by atoms with Crippen LogP contribution in [0.3, 0.4) is 0 Å². The Morgan fingerprint density at radius 1 is 1.29 bits per heavy atom. The third-order valence-electron chi connectivity index (χ3n) is 3.43. The largest absolute Gasteiger partial charge is 0.392 e. The van der Waals surface area contributed by atoms with Gasteiger partial charge in [-0.05, 0) is 43.2 Å². The van der Waals surface area contributed by atoms with E-state index in [9.17, 15) is 5.11 Å². The average molecular weight is 252 g/mol. The van der Waals surface area contributed by atoms with Crippen molar-refractivity contribution in [2.75, 3.05) is 6.61 Å². The van der Waals surface area contributed by atoms with E-state index < -0.39 is 8.07 Å². The Morgan fingerprint density at radius 3 is 2.35 bits per heavy atom. The second-order valence-electron chi connectivity index (χ2n) is 6.73. The molecule has 1 N–H and O–H groups in total. The molecule has 1 fully saturated rings. The minimum absolute atomic E-state index is 0.227. The monoisotopic (exact) mass is 252 g/mol. The molecule has 98 valence electrons. The summed E-state index contributed by atoms with van der Waals surface area (Å²) in [5.74, 6) is 0.899. The van der Waals surface area contributed by atoms with E-state index in [0.29, 0.717) is 0 Å². The van der Waals surface area contributed by atoms with Gasteiger partial charge in [0.15, 0.2) is 0 Å². The molecule has 1 aliphatic carbocycles. The Hall–Kier alpha value is -0.343. The highest BCUT2D eigenvalue weighted by Gasteiger charge is 2.15. The molecule has 1 nitrogen and oxygen atoms in total. The van der Waals surface area contributed by atoms with Crippen LogP contribution < -0.4 is 0 Å². The van der Waals surface area contributed by atoms with Gasteiger partial charge in [-0.3, -0.25) is 0 Å². The first-order valence-corrected chi connectivity index (χ1v) is 10.6. The summed E-state index contributed by atoms with van der Waals surface area (Å²) in [6, 6.07) is 1.11. The first-order valence-electron chi connectivity index (χ1n) is 6.89. The van der Waals surface area contributed by atoms with Crippen molar-refractivity contribution >= 4 is 8.07 Å². The van der Waals surface area contributed by atoms with E-state index in [-0.39, 0.29) is 6.61 Å². The first-order chi connectivity index (χ1) is 7.90. The maximum Gasteiger partial charge on any atom is 0.0642 e. The van der Waals surface area contributed by atoms with E-state index >= 15 is 0 Å². The molecule has 0 radical (unpaired) electrons. The Morgan fingerprint density at radius 2 is 1.88 bits per heavy atom. The second kappa shape index (κ2) is 6.55. The smallest absolute Gasteiger partial charge is 0.0642 e. The van der Waals surface area contributed by atoms with Gasteiger partial charge in [-0.15, -0.1) is 0 Å². The van der Waals surface area contributed by atoms with Gasteiger partial charge in [0.1, 0.15) is 0 Å². The van der Waals surface area contributed by atoms with Gasteiger partial charge >= 0.3 is 0 Å². The van der Waals surface area contributed by atoms with Crippen molar-refractivity contribution in [3.63, 3.8) is 0 Å². The number of hydrogen-bond acceptors (Lipinski definition) is 1. The fourth-order valence-electron chi connectivity index (χ4n) is 2.38. The molecule has 0 heterocycles. The molecule has 0 amide bonds. The highest BCUT2D eigenvalue weighted by molar-refractivity contribution is 6.76. The zero-order chi connectivity index (χ0) is 12.9. The Bertz CT molecular complexity index is 287. The molecule has 2 heteroatoms. The van der Waals surface area contributed by atoms with Crippen LogP contribution >= 0.6 is 0 Å². The molecule has 0 saturated heterocycles. The predicted octanol–water partition coefficient (Wildman–Crippen LogP) is 4.38. The van der Waals surface area contributed by atoms with Gasteiger partial charge in [0, 0.05) is 8.07 Å². The van der Waals surface area contributed by atoms with Crippen molar-refractivity contribution in [3.8, 4) is 0 Å². The predicted molar refractivity (Wildman–Crippen MR) is 79.0 cm³/mol. The van der Waals surface area contributed by atoms with Gasteiger partial charge in [-0.1, -0.05) is 44.3 Å². The summed E-state index contributed by atoms with van der Waals surface area (Å²) in [7, 11) is -1.10. The van der Waals surface area contributed by atoms with E-state index in [2.05, 4.69) is 38.7 Å². The van der Waals surface area contributed by atoms with Crippen molar-refractivity contribution in [1.29, 1.82) is 0 Å². The maximum atomic E-state index is 9.39. The normalized spacial score (nSPS) is 22.8. The third kappa shape index (κ3) is 6.23. The molecule has 0 aromatic carbocycles. The summed E-state index contributed by atoms with van der Waals surface area (Å²) in [6.07, 6.45) is 9.64. The van der Waals surface area contributed by atoms with Crippen LogP contribution in [0.15, 0.2) is 23.3 Å². The summed E-state index contributed by atoms with van der Waals surface area (Å²) in [4.78, 5) is 0. The lowest BCUT2D eigenvalue weighted by atomic mass is 9.87. The van der Waals surface area contributed by atoms with Crippen LogP contribution in [0.1, 0.15) is 32.6 Å². The molecule has 0 aromatic rings. The number of rotatable bonds is 4. The van der Waals surface area contributed by atoms with Crippen LogP contribution in [0.5, 0.6) is 0 Å². The molecule has 0 spiro atoms. The minimum atomic E-state index is -1.10. The Balaban J connectivity index is 2.57. The van der Waals surface area contributed by atoms with E-state index in [4.69, 9.17) is 0 Å². The summed E-state index contributed by atoms with van der Waals surface area (Å²) < 4.78 is 0. The molecular formula is C15H28OSi. The summed E-state index contributed by atoms with van der Waals surface area (Å²) in [6.45, 7) is 9.63.